The lowest BCUT2D eigenvalue weighted by Gasteiger charge is -2.38. The Labute approximate surface area is 124 Å². The first-order valence-corrected chi connectivity index (χ1v) is 7.32. The molecule has 0 saturated carbocycles. The average Bonchev–Trinajstić information content (AvgIpc) is 2.80. The Balaban J connectivity index is 2.19. The second kappa shape index (κ2) is 6.24. The van der Waals surface area contributed by atoms with Gasteiger partial charge < -0.3 is 14.7 Å². The fourth-order valence-electron chi connectivity index (χ4n) is 2.60. The maximum Gasteiger partial charge on any atom is 0.246 e. The van der Waals surface area contributed by atoms with E-state index in [0.717, 1.165) is 0 Å². The van der Waals surface area contributed by atoms with Crippen molar-refractivity contribution in [3.63, 3.8) is 0 Å². The number of piperazine rings is 1. The van der Waals surface area contributed by atoms with Crippen LogP contribution in [0.3, 0.4) is 0 Å². The van der Waals surface area contributed by atoms with Crippen LogP contribution in [0.5, 0.6) is 0 Å². The van der Waals surface area contributed by atoms with Gasteiger partial charge in [0.25, 0.3) is 0 Å². The molecule has 2 rings (SSSR count). The van der Waals surface area contributed by atoms with Crippen LogP contribution in [0.25, 0.3) is 0 Å². The number of aryl methyl sites for hydroxylation is 1. The minimum absolute atomic E-state index is 0.0778. The molecule has 1 N–H and O–H groups in total. The van der Waals surface area contributed by atoms with Gasteiger partial charge in [-0.05, 0) is 25.7 Å². The van der Waals surface area contributed by atoms with Gasteiger partial charge in [0.05, 0.1) is 0 Å². The summed E-state index contributed by atoms with van der Waals surface area (Å²) in [5, 5.41) is 6.54. The zero-order valence-corrected chi connectivity index (χ0v) is 12.9. The molecule has 1 aliphatic heterocycles. The van der Waals surface area contributed by atoms with E-state index in [1.165, 1.54) is 0 Å². The minimum atomic E-state index is -0.479. The predicted octanol–water partition coefficient (Wildman–Crippen LogP) is 1.03. The number of carbonyl (C=O) groups is 2. The second-order valence-electron chi connectivity index (χ2n) is 5.82. The van der Waals surface area contributed by atoms with Gasteiger partial charge in [0.15, 0.2) is 5.82 Å². The van der Waals surface area contributed by atoms with Crippen LogP contribution >= 0.6 is 0 Å². The summed E-state index contributed by atoms with van der Waals surface area (Å²) in [6, 6.07) is -0.947. The molecule has 7 heteroatoms. The van der Waals surface area contributed by atoms with Crippen LogP contribution in [0, 0.1) is 12.8 Å². The first kappa shape index (κ1) is 15.5. The van der Waals surface area contributed by atoms with Crippen LogP contribution < -0.4 is 5.32 Å². The fourth-order valence-corrected chi connectivity index (χ4v) is 2.60. The number of carbonyl (C=O) groups excluding carboxylic acids is 2. The minimum Gasteiger partial charge on any atom is -0.342 e. The Bertz CT molecular complexity index is 526. The highest BCUT2D eigenvalue weighted by atomic mass is 16.5. The van der Waals surface area contributed by atoms with Crippen molar-refractivity contribution in [1.82, 2.24) is 20.4 Å². The Morgan fingerprint density at radius 1 is 1.38 bits per heavy atom. The molecule has 21 heavy (non-hydrogen) atoms. The third-order valence-corrected chi connectivity index (χ3v) is 3.55. The highest BCUT2D eigenvalue weighted by molar-refractivity contribution is 5.96. The molecular weight excluding hydrogens is 272 g/mol. The molecule has 1 fully saturated rings. The summed E-state index contributed by atoms with van der Waals surface area (Å²) in [5.41, 5.74) is 0. The summed E-state index contributed by atoms with van der Waals surface area (Å²) in [5.74, 6) is 1.01. The summed E-state index contributed by atoms with van der Waals surface area (Å²) in [6.07, 6.45) is 1.18. The zero-order chi connectivity index (χ0) is 15.6. The van der Waals surface area contributed by atoms with Crippen LogP contribution in [0.1, 0.15) is 45.3 Å². The normalized spacial score (nSPS) is 22.8. The standard InChI is InChI=1S/C14H22N4O3/c1-5-11-13(19)16-10(6-8(2)3)14(20)18(11)7-12-15-9(4)17-21-12/h8,10-11H,5-7H2,1-4H3,(H,16,19). The van der Waals surface area contributed by atoms with Crippen molar-refractivity contribution in [2.75, 3.05) is 0 Å². The van der Waals surface area contributed by atoms with E-state index in [1.807, 2.05) is 20.8 Å². The lowest BCUT2D eigenvalue weighted by Crippen LogP contribution is -2.63. The van der Waals surface area contributed by atoms with Crippen molar-refractivity contribution in [2.24, 2.45) is 5.92 Å². The van der Waals surface area contributed by atoms with Crippen molar-refractivity contribution in [2.45, 2.75) is 59.2 Å². The van der Waals surface area contributed by atoms with Gasteiger partial charge in [-0.15, -0.1) is 0 Å². The molecule has 2 unspecified atom stereocenters. The van der Waals surface area contributed by atoms with Gasteiger partial charge in [0.2, 0.25) is 17.7 Å². The summed E-state index contributed by atoms with van der Waals surface area (Å²) in [4.78, 5) is 30.5. The van der Waals surface area contributed by atoms with E-state index >= 15 is 0 Å². The molecule has 0 aromatic carbocycles. The molecule has 0 spiro atoms. The molecule has 7 nitrogen and oxygen atoms in total. The average molecular weight is 294 g/mol. The summed E-state index contributed by atoms with van der Waals surface area (Å²) >= 11 is 0. The largest absolute Gasteiger partial charge is 0.342 e. The number of nitrogens with one attached hydrogen (secondary N) is 1. The molecule has 1 aliphatic rings. The number of aromatic nitrogens is 2. The van der Waals surface area contributed by atoms with Crippen molar-refractivity contribution >= 4 is 11.8 Å². The molecule has 2 atom stereocenters. The van der Waals surface area contributed by atoms with E-state index in [1.54, 1.807) is 11.8 Å². The molecule has 2 amide bonds. The topological polar surface area (TPSA) is 88.3 Å². The maximum absolute atomic E-state index is 12.6. The molecule has 116 valence electrons. The first-order valence-electron chi connectivity index (χ1n) is 7.32. The van der Waals surface area contributed by atoms with Gasteiger partial charge in [0.1, 0.15) is 18.6 Å². The van der Waals surface area contributed by atoms with E-state index in [0.29, 0.717) is 30.5 Å². The molecule has 2 heterocycles. The zero-order valence-electron chi connectivity index (χ0n) is 12.9. The number of hydrogen-bond acceptors (Lipinski definition) is 5. The SMILES string of the molecule is CCC1C(=O)NC(CC(C)C)C(=O)N1Cc1nc(C)no1. The fraction of sp³-hybridized carbons (Fsp3) is 0.714. The summed E-state index contributed by atoms with van der Waals surface area (Å²) in [7, 11) is 0. The van der Waals surface area contributed by atoms with E-state index in [9.17, 15) is 9.59 Å². The Hall–Kier alpha value is -1.92. The van der Waals surface area contributed by atoms with Gasteiger partial charge in [0, 0.05) is 0 Å². The molecule has 0 radical (unpaired) electrons. The highest BCUT2D eigenvalue weighted by Gasteiger charge is 2.40. The first-order chi connectivity index (χ1) is 9.92. The van der Waals surface area contributed by atoms with Crippen molar-refractivity contribution in [3.8, 4) is 0 Å². The van der Waals surface area contributed by atoms with Crippen LogP contribution in [-0.4, -0.2) is 38.9 Å². The predicted molar refractivity (Wildman–Crippen MR) is 75.0 cm³/mol. The van der Waals surface area contributed by atoms with E-state index in [-0.39, 0.29) is 18.4 Å². The van der Waals surface area contributed by atoms with Crippen LogP contribution in [0.2, 0.25) is 0 Å². The van der Waals surface area contributed by atoms with Gasteiger partial charge in [-0.1, -0.05) is 25.9 Å². The molecule has 0 aliphatic carbocycles. The highest BCUT2D eigenvalue weighted by Crippen LogP contribution is 2.19. The quantitative estimate of drug-likeness (QED) is 0.876. The van der Waals surface area contributed by atoms with E-state index < -0.39 is 12.1 Å². The van der Waals surface area contributed by atoms with E-state index in [4.69, 9.17) is 4.52 Å². The molecular formula is C14H22N4O3. The number of amides is 2. The number of hydrogen-bond donors (Lipinski definition) is 1. The van der Waals surface area contributed by atoms with Gasteiger partial charge in [-0.3, -0.25) is 9.59 Å². The molecule has 0 bridgehead atoms. The van der Waals surface area contributed by atoms with Gasteiger partial charge >= 0.3 is 0 Å². The second-order valence-corrected chi connectivity index (χ2v) is 5.82. The van der Waals surface area contributed by atoms with Crippen LogP contribution in [0.4, 0.5) is 0 Å². The summed E-state index contributed by atoms with van der Waals surface area (Å²) < 4.78 is 5.07. The number of rotatable bonds is 5. The maximum atomic E-state index is 12.6. The summed E-state index contributed by atoms with van der Waals surface area (Å²) in [6.45, 7) is 7.83. The monoisotopic (exact) mass is 294 g/mol. The Kier molecular flexibility index (Phi) is 4.59. The van der Waals surface area contributed by atoms with Gasteiger partial charge in [-0.2, -0.15) is 4.98 Å². The van der Waals surface area contributed by atoms with Crippen molar-refractivity contribution < 1.29 is 14.1 Å². The third kappa shape index (κ3) is 3.40. The smallest absolute Gasteiger partial charge is 0.246 e. The van der Waals surface area contributed by atoms with E-state index in [2.05, 4.69) is 15.5 Å². The van der Waals surface area contributed by atoms with Crippen molar-refractivity contribution in [3.05, 3.63) is 11.7 Å². The number of nitrogens with zero attached hydrogens (tertiary/aromatic N) is 3. The van der Waals surface area contributed by atoms with Gasteiger partial charge in [-0.25, -0.2) is 0 Å². The molecule has 1 saturated heterocycles. The van der Waals surface area contributed by atoms with Crippen LogP contribution in [0.15, 0.2) is 4.52 Å². The lowest BCUT2D eigenvalue weighted by atomic mass is 9.97. The van der Waals surface area contributed by atoms with Crippen LogP contribution in [-0.2, 0) is 16.1 Å². The Morgan fingerprint density at radius 2 is 2.10 bits per heavy atom. The lowest BCUT2D eigenvalue weighted by molar-refractivity contribution is -0.151. The molecule has 1 aromatic heterocycles. The third-order valence-electron chi connectivity index (χ3n) is 3.55. The molecule has 1 aromatic rings. The Morgan fingerprint density at radius 3 is 2.62 bits per heavy atom. The van der Waals surface area contributed by atoms with Crippen molar-refractivity contribution in [1.29, 1.82) is 0 Å².